The lowest BCUT2D eigenvalue weighted by molar-refractivity contribution is 0.212. The van der Waals surface area contributed by atoms with Crippen LogP contribution >= 0.6 is 0 Å². The van der Waals surface area contributed by atoms with Gasteiger partial charge in [0.05, 0.1) is 40.1 Å². The second kappa shape index (κ2) is 18.6. The molecule has 7 heteroatoms. The molecule has 8 aromatic rings. The van der Waals surface area contributed by atoms with Crippen LogP contribution < -0.4 is 0 Å². The Morgan fingerprint density at radius 2 is 0.873 bits per heavy atom. The Balaban J connectivity index is 0.000000117. The lowest BCUT2D eigenvalue weighted by atomic mass is 9.74. The number of rotatable bonds is 8. The molecule has 0 aliphatic heterocycles. The number of H-pyrrole nitrogens is 1. The number of aryl methyl sites for hydroxylation is 1. The number of hydrogen-bond donors (Lipinski definition) is 1. The average Bonchev–Trinajstić information content (AvgIpc) is 4.14. The molecule has 12 rings (SSSR count). The monoisotopic (exact) mass is 950 g/mol. The summed E-state index contributed by atoms with van der Waals surface area (Å²) in [4.78, 5) is 16.4. The summed E-state index contributed by atoms with van der Waals surface area (Å²) in [6, 6.07) is 30.8. The van der Waals surface area contributed by atoms with Crippen molar-refractivity contribution in [2.24, 2.45) is 50.4 Å². The lowest BCUT2D eigenvalue weighted by Gasteiger charge is -2.31. The van der Waals surface area contributed by atoms with Gasteiger partial charge in [0.2, 0.25) is 0 Å². The standard InChI is InChI=1S/C16H22N2.2C16H20N2.C16H21N/c1-15(2,3)16(7-8-16)10-12-5-6-13-14(9-12)18(4)11-17-13;1-15(2,3)16(7-8-16)11-12-4-5-13-6-9-17-18-14(13)10-12;1-15(2,3)16(6-7-16)11-12-4-5-13-14(10-12)18-9-8-17-13;1-15(2,3)16(7-8-16)11-12-4-5-13-6-9-17-14(13)10-12/h5-6,9,11H,7-8,10H2,1-4H3;4-6,9-10H,7-8,11H2,1-3H3;4-5,8-10H,6-7,11H2,1-3H3;4-6,9-10,17H,7-8,11H2,1-3H3. The molecule has 0 unspecified atom stereocenters. The van der Waals surface area contributed by atoms with E-state index >= 15 is 0 Å². The molecule has 0 bridgehead atoms. The van der Waals surface area contributed by atoms with Crippen LogP contribution in [0.15, 0.2) is 116 Å². The van der Waals surface area contributed by atoms with Gasteiger partial charge < -0.3 is 9.55 Å². The molecule has 4 saturated carbocycles. The van der Waals surface area contributed by atoms with E-state index in [-0.39, 0.29) is 0 Å². The van der Waals surface area contributed by atoms with Crippen molar-refractivity contribution < 1.29 is 0 Å². The predicted octanol–water partition coefficient (Wildman–Crippen LogP) is 16.5. The topological polar surface area (TPSA) is 85.2 Å². The van der Waals surface area contributed by atoms with Crippen LogP contribution in [0.3, 0.4) is 0 Å². The molecule has 4 aliphatic carbocycles. The lowest BCUT2D eigenvalue weighted by Crippen LogP contribution is -2.24. The Kier molecular flexibility index (Phi) is 13.2. The summed E-state index contributed by atoms with van der Waals surface area (Å²) in [6.07, 6.45) is 24.9. The minimum atomic E-state index is 0.393. The summed E-state index contributed by atoms with van der Waals surface area (Å²) in [6.45, 7) is 28.5. The van der Waals surface area contributed by atoms with Gasteiger partial charge in [-0.25, -0.2) is 4.98 Å². The van der Waals surface area contributed by atoms with Crippen molar-refractivity contribution in [3.05, 3.63) is 138 Å². The van der Waals surface area contributed by atoms with Crippen LogP contribution in [0.25, 0.3) is 43.9 Å². The maximum absolute atomic E-state index is 4.39. The number of nitrogens with one attached hydrogen (secondary N) is 1. The number of nitrogens with zero attached hydrogens (tertiary/aromatic N) is 6. The molecule has 4 heterocycles. The fourth-order valence-electron chi connectivity index (χ4n) is 11.7. The molecule has 4 aromatic carbocycles. The molecule has 0 amide bonds. The van der Waals surface area contributed by atoms with Crippen molar-refractivity contribution in [2.45, 2.75) is 160 Å². The van der Waals surface area contributed by atoms with Crippen LogP contribution in [0.5, 0.6) is 0 Å². The van der Waals surface area contributed by atoms with Gasteiger partial charge in [0.1, 0.15) is 0 Å². The maximum Gasteiger partial charge on any atom is 0.0955 e. The zero-order valence-electron chi connectivity index (χ0n) is 45.6. The normalized spacial score (nSPS) is 18.2. The maximum atomic E-state index is 4.39. The zero-order chi connectivity index (χ0) is 50.7. The van der Waals surface area contributed by atoms with Gasteiger partial charge in [0.25, 0.3) is 0 Å². The smallest absolute Gasteiger partial charge is 0.0955 e. The summed E-state index contributed by atoms with van der Waals surface area (Å²) >= 11 is 0. The number of hydrogen-bond acceptors (Lipinski definition) is 5. The molecule has 0 saturated heterocycles. The van der Waals surface area contributed by atoms with Gasteiger partial charge in [-0.1, -0.05) is 119 Å². The van der Waals surface area contributed by atoms with E-state index in [1.165, 1.54) is 121 Å². The molecule has 1 N–H and O–H groups in total. The Morgan fingerprint density at radius 3 is 1.38 bits per heavy atom. The largest absolute Gasteiger partial charge is 0.361 e. The summed E-state index contributed by atoms with van der Waals surface area (Å²) in [5, 5.41) is 10.7. The second-order valence-electron chi connectivity index (χ2n) is 26.7. The van der Waals surface area contributed by atoms with Gasteiger partial charge >= 0.3 is 0 Å². The summed E-state index contributed by atoms with van der Waals surface area (Å²) in [5.74, 6) is 0. The van der Waals surface area contributed by atoms with E-state index in [4.69, 9.17) is 0 Å². The first kappa shape index (κ1) is 50.5. The van der Waals surface area contributed by atoms with E-state index in [1.807, 2.05) is 18.6 Å². The number of aromatic nitrogens is 7. The molecular formula is C64H83N7. The summed E-state index contributed by atoms with van der Waals surface area (Å²) in [7, 11) is 2.07. The van der Waals surface area contributed by atoms with E-state index in [9.17, 15) is 0 Å². The quantitative estimate of drug-likeness (QED) is 0.164. The van der Waals surface area contributed by atoms with E-state index in [0.717, 1.165) is 22.1 Å². The Labute approximate surface area is 425 Å². The molecule has 0 atom stereocenters. The van der Waals surface area contributed by atoms with Gasteiger partial charge in [-0.2, -0.15) is 10.2 Å². The average molecular weight is 950 g/mol. The fourth-order valence-corrected chi connectivity index (χ4v) is 11.7. The third-order valence-corrected chi connectivity index (χ3v) is 18.5. The van der Waals surface area contributed by atoms with Crippen molar-refractivity contribution >= 4 is 43.9 Å². The Morgan fingerprint density at radius 1 is 0.437 bits per heavy atom. The molecule has 374 valence electrons. The van der Waals surface area contributed by atoms with Crippen LogP contribution in [0.1, 0.15) is 157 Å². The highest BCUT2D eigenvalue weighted by molar-refractivity contribution is 5.80. The molecule has 4 aliphatic rings. The second-order valence-corrected chi connectivity index (χ2v) is 26.7. The van der Waals surface area contributed by atoms with E-state index in [2.05, 4.69) is 204 Å². The first-order valence-electron chi connectivity index (χ1n) is 26.8. The predicted molar refractivity (Wildman–Crippen MR) is 297 cm³/mol. The van der Waals surface area contributed by atoms with Gasteiger partial charge in [-0.05, 0) is 197 Å². The number of imidazole rings is 1. The molecule has 71 heavy (non-hydrogen) atoms. The zero-order valence-corrected chi connectivity index (χ0v) is 45.6. The number of aromatic amines is 1. The molecule has 0 radical (unpaired) electrons. The van der Waals surface area contributed by atoms with Gasteiger partial charge in [-0.15, -0.1) is 0 Å². The first-order valence-corrected chi connectivity index (χ1v) is 26.8. The fraction of sp³-hybridized carbons (Fsp3) is 0.516. The third kappa shape index (κ3) is 11.0. The Bertz CT molecular complexity index is 3020. The first-order chi connectivity index (χ1) is 33.4. The summed E-state index contributed by atoms with van der Waals surface area (Å²) in [5.41, 5.74) is 16.1. The summed E-state index contributed by atoms with van der Waals surface area (Å²) < 4.78 is 2.11. The van der Waals surface area contributed by atoms with E-state index in [1.54, 1.807) is 18.6 Å². The van der Waals surface area contributed by atoms with Crippen molar-refractivity contribution in [1.29, 1.82) is 0 Å². The van der Waals surface area contributed by atoms with Gasteiger partial charge in [0, 0.05) is 36.5 Å². The molecule has 7 nitrogen and oxygen atoms in total. The third-order valence-electron chi connectivity index (χ3n) is 18.5. The van der Waals surface area contributed by atoms with Gasteiger partial charge in [-0.3, -0.25) is 9.97 Å². The van der Waals surface area contributed by atoms with Crippen LogP contribution in [0.4, 0.5) is 0 Å². The Hall–Kier alpha value is -5.43. The number of fused-ring (bicyclic) bond motifs is 4. The number of benzene rings is 4. The SMILES string of the molecule is CC(C)(C)C1(Cc2ccc3cc[nH]c3c2)CC1.CC(C)(C)C1(Cc2ccc3ccnnc3c2)CC1.CC(C)(C)C1(Cc2ccc3nccnc3c2)CC1.Cn1cnc2ccc(CC3(C(C)(C)C)CC3)cc21. The highest BCUT2D eigenvalue weighted by atomic mass is 15.1. The van der Waals surface area contributed by atoms with Crippen LogP contribution in [-0.2, 0) is 32.7 Å². The van der Waals surface area contributed by atoms with E-state index < -0.39 is 0 Å². The minimum Gasteiger partial charge on any atom is -0.361 e. The van der Waals surface area contributed by atoms with E-state index in [0.29, 0.717) is 43.3 Å². The minimum absolute atomic E-state index is 0.393. The van der Waals surface area contributed by atoms with Crippen molar-refractivity contribution in [3.8, 4) is 0 Å². The van der Waals surface area contributed by atoms with Crippen LogP contribution in [0.2, 0.25) is 0 Å². The van der Waals surface area contributed by atoms with Crippen molar-refractivity contribution in [1.82, 2.24) is 34.7 Å². The van der Waals surface area contributed by atoms with Gasteiger partial charge in [0.15, 0.2) is 0 Å². The molecule has 4 fully saturated rings. The van der Waals surface area contributed by atoms with Crippen molar-refractivity contribution in [3.63, 3.8) is 0 Å². The highest BCUT2D eigenvalue weighted by Gasteiger charge is 2.53. The molecule has 4 aromatic heterocycles. The molecule has 0 spiro atoms. The highest BCUT2D eigenvalue weighted by Crippen LogP contribution is 2.63. The van der Waals surface area contributed by atoms with Crippen LogP contribution in [-0.4, -0.2) is 34.7 Å². The molecular weight excluding hydrogens is 867 g/mol. The van der Waals surface area contributed by atoms with Crippen molar-refractivity contribution in [2.75, 3.05) is 0 Å². The van der Waals surface area contributed by atoms with Crippen LogP contribution in [0, 0.1) is 43.3 Å².